The lowest BCUT2D eigenvalue weighted by Crippen LogP contribution is -2.04. The molecule has 0 bridgehead atoms. The number of rotatable bonds is 4. The van der Waals surface area contributed by atoms with E-state index in [2.05, 4.69) is 15.8 Å². The number of carbonyl (C=O) groups excluding carboxylic acids is 1. The van der Waals surface area contributed by atoms with Gasteiger partial charge < -0.3 is 9.26 Å². The van der Waals surface area contributed by atoms with E-state index in [1.54, 1.807) is 0 Å². The van der Waals surface area contributed by atoms with E-state index in [0.29, 0.717) is 0 Å². The van der Waals surface area contributed by atoms with E-state index in [-0.39, 0.29) is 12.4 Å². The van der Waals surface area contributed by atoms with Crippen molar-refractivity contribution in [3.05, 3.63) is 12.3 Å². The first-order valence-corrected chi connectivity index (χ1v) is 4.40. The van der Waals surface area contributed by atoms with Crippen molar-refractivity contribution < 1.29 is 28.4 Å². The van der Waals surface area contributed by atoms with E-state index < -0.39 is 13.8 Å². The van der Waals surface area contributed by atoms with Crippen LogP contribution in [0, 0.1) is 0 Å². The van der Waals surface area contributed by atoms with Crippen LogP contribution in [0.2, 0.25) is 0 Å². The summed E-state index contributed by atoms with van der Waals surface area (Å²) in [6.45, 7) is 3.92. The van der Waals surface area contributed by atoms with Crippen LogP contribution in [0.1, 0.15) is 6.92 Å². The minimum absolute atomic E-state index is 0.293. The zero-order chi connectivity index (χ0) is 9.78. The van der Waals surface area contributed by atoms with Gasteiger partial charge in [0, 0.05) is 6.92 Å². The first kappa shape index (κ1) is 11.2. The molecule has 0 aliphatic carbocycles. The maximum atomic E-state index is 10.2. The van der Waals surface area contributed by atoms with Gasteiger partial charge in [0.05, 0.1) is 0 Å². The van der Waals surface area contributed by atoms with Crippen molar-refractivity contribution in [2.75, 3.05) is 6.61 Å². The third-order valence-electron chi connectivity index (χ3n) is 0.684. The van der Waals surface area contributed by atoms with E-state index in [1.807, 2.05) is 0 Å². The monoisotopic (exact) mass is 196 g/mol. The molecule has 12 heavy (non-hydrogen) atoms. The second-order valence-electron chi connectivity index (χ2n) is 1.90. The lowest BCUT2D eigenvalue weighted by molar-refractivity contribution is -0.140. The SMILES string of the molecule is C=C(COC(C)=O)OP(=O)(O)O. The quantitative estimate of drug-likeness (QED) is 0.378. The largest absolute Gasteiger partial charge is 0.524 e. The highest BCUT2D eigenvalue weighted by atomic mass is 31.2. The molecule has 0 atom stereocenters. The lowest BCUT2D eigenvalue weighted by Gasteiger charge is -2.08. The van der Waals surface area contributed by atoms with Gasteiger partial charge in [0.2, 0.25) is 0 Å². The number of phosphoric ester groups is 1. The minimum Gasteiger partial charge on any atom is -0.458 e. The molecule has 0 aromatic heterocycles. The van der Waals surface area contributed by atoms with Gasteiger partial charge in [0.15, 0.2) is 0 Å². The Kier molecular flexibility index (Phi) is 3.95. The van der Waals surface area contributed by atoms with E-state index in [4.69, 9.17) is 9.79 Å². The van der Waals surface area contributed by atoms with Crippen molar-refractivity contribution in [3.8, 4) is 0 Å². The first-order valence-electron chi connectivity index (χ1n) is 2.87. The Labute approximate surface area is 69.0 Å². The summed E-state index contributed by atoms with van der Waals surface area (Å²) in [6.07, 6.45) is 0. The van der Waals surface area contributed by atoms with Crippen LogP contribution in [0.4, 0.5) is 0 Å². The van der Waals surface area contributed by atoms with Crippen molar-refractivity contribution >= 4 is 13.8 Å². The highest BCUT2D eigenvalue weighted by molar-refractivity contribution is 7.46. The fourth-order valence-electron chi connectivity index (χ4n) is 0.377. The Morgan fingerprint density at radius 1 is 1.58 bits per heavy atom. The number of hydrogen-bond donors (Lipinski definition) is 2. The lowest BCUT2D eigenvalue weighted by atomic mass is 10.6. The summed E-state index contributed by atoms with van der Waals surface area (Å²) in [4.78, 5) is 26.7. The van der Waals surface area contributed by atoms with Gasteiger partial charge in [-0.3, -0.25) is 14.6 Å². The molecule has 0 unspecified atom stereocenters. The van der Waals surface area contributed by atoms with Gasteiger partial charge in [-0.2, -0.15) is 0 Å². The average molecular weight is 196 g/mol. The molecular weight excluding hydrogens is 187 g/mol. The Morgan fingerprint density at radius 2 is 2.08 bits per heavy atom. The molecule has 0 heterocycles. The molecule has 6 nitrogen and oxygen atoms in total. The van der Waals surface area contributed by atoms with Crippen LogP contribution in [0.3, 0.4) is 0 Å². The van der Waals surface area contributed by atoms with Crippen LogP contribution in [-0.2, 0) is 18.6 Å². The fourth-order valence-corrected chi connectivity index (χ4v) is 0.766. The third-order valence-corrected chi connectivity index (χ3v) is 1.18. The molecule has 0 spiro atoms. The summed E-state index contributed by atoms with van der Waals surface area (Å²) in [5, 5.41) is 0. The molecule has 70 valence electrons. The Bertz CT molecular complexity index is 228. The number of carbonyl (C=O) groups is 1. The van der Waals surface area contributed by atoms with Gasteiger partial charge in [-0.25, -0.2) is 4.57 Å². The van der Waals surface area contributed by atoms with Crippen molar-refractivity contribution in [1.82, 2.24) is 0 Å². The van der Waals surface area contributed by atoms with Crippen molar-refractivity contribution in [2.24, 2.45) is 0 Å². The number of phosphoric acid groups is 1. The van der Waals surface area contributed by atoms with Crippen LogP contribution in [0.15, 0.2) is 12.3 Å². The number of ether oxygens (including phenoxy) is 1. The second kappa shape index (κ2) is 4.25. The average Bonchev–Trinajstić information content (AvgIpc) is 1.79. The third kappa shape index (κ3) is 7.27. The molecule has 0 saturated heterocycles. The molecule has 0 aromatic rings. The van der Waals surface area contributed by atoms with E-state index in [9.17, 15) is 9.36 Å². The zero-order valence-electron chi connectivity index (χ0n) is 6.39. The molecule has 0 aliphatic heterocycles. The second-order valence-corrected chi connectivity index (χ2v) is 3.06. The molecule has 0 saturated carbocycles. The van der Waals surface area contributed by atoms with E-state index >= 15 is 0 Å². The number of hydrogen-bond acceptors (Lipinski definition) is 4. The van der Waals surface area contributed by atoms with Gasteiger partial charge in [-0.05, 0) is 0 Å². The van der Waals surface area contributed by atoms with E-state index in [0.717, 1.165) is 6.92 Å². The summed E-state index contributed by atoms with van der Waals surface area (Å²) in [5.41, 5.74) is 0. The molecule has 0 aliphatic rings. The summed E-state index contributed by atoms with van der Waals surface area (Å²) in [6, 6.07) is 0. The smallest absolute Gasteiger partial charge is 0.458 e. The summed E-state index contributed by atoms with van der Waals surface area (Å²) >= 11 is 0. The zero-order valence-corrected chi connectivity index (χ0v) is 7.28. The van der Waals surface area contributed by atoms with Crippen molar-refractivity contribution in [1.29, 1.82) is 0 Å². The molecule has 7 heteroatoms. The topological polar surface area (TPSA) is 93.1 Å². The molecule has 0 rings (SSSR count). The molecule has 2 N–H and O–H groups in total. The van der Waals surface area contributed by atoms with Crippen LogP contribution in [0.25, 0.3) is 0 Å². The molecule has 0 radical (unpaired) electrons. The van der Waals surface area contributed by atoms with E-state index in [1.165, 1.54) is 0 Å². The van der Waals surface area contributed by atoms with Crippen LogP contribution in [-0.4, -0.2) is 22.4 Å². The van der Waals surface area contributed by atoms with Gasteiger partial charge in [-0.15, -0.1) is 0 Å². The Morgan fingerprint density at radius 3 is 2.42 bits per heavy atom. The minimum atomic E-state index is -4.57. The van der Waals surface area contributed by atoms with Crippen LogP contribution in [0.5, 0.6) is 0 Å². The molecule has 0 aromatic carbocycles. The van der Waals surface area contributed by atoms with Gasteiger partial charge in [0.25, 0.3) is 0 Å². The summed E-state index contributed by atoms with van der Waals surface area (Å²) in [7, 11) is -4.57. The highest BCUT2D eigenvalue weighted by Crippen LogP contribution is 2.38. The normalized spacial score (nSPS) is 10.6. The van der Waals surface area contributed by atoms with Crippen LogP contribution < -0.4 is 0 Å². The Balaban J connectivity index is 3.76. The molecular formula is C5H9O6P. The molecule has 0 fully saturated rings. The van der Waals surface area contributed by atoms with Gasteiger partial charge in [0.1, 0.15) is 12.4 Å². The maximum Gasteiger partial charge on any atom is 0.524 e. The van der Waals surface area contributed by atoms with Gasteiger partial charge >= 0.3 is 13.8 Å². The van der Waals surface area contributed by atoms with Crippen LogP contribution >= 0.6 is 7.82 Å². The van der Waals surface area contributed by atoms with Crippen molar-refractivity contribution in [3.63, 3.8) is 0 Å². The Hall–Kier alpha value is -0.840. The first-order chi connectivity index (χ1) is 5.31. The highest BCUT2D eigenvalue weighted by Gasteiger charge is 2.16. The molecule has 0 amide bonds. The maximum absolute atomic E-state index is 10.2. The standard InChI is InChI=1S/C5H9O6P/c1-4(3-10-5(2)6)11-12(7,8)9/h1,3H2,2H3,(H2,7,8,9). The fraction of sp³-hybridized carbons (Fsp3) is 0.400. The predicted octanol–water partition coefficient (Wildman–Crippen LogP) is 0.172. The summed E-state index contributed by atoms with van der Waals surface area (Å²) < 4.78 is 18.5. The predicted molar refractivity (Wildman–Crippen MR) is 38.9 cm³/mol. The number of esters is 1. The van der Waals surface area contributed by atoms with Gasteiger partial charge in [-0.1, -0.05) is 6.58 Å². The van der Waals surface area contributed by atoms with Crippen molar-refractivity contribution in [2.45, 2.75) is 6.92 Å². The summed E-state index contributed by atoms with van der Waals surface area (Å²) in [5.74, 6) is -0.871.